The zero-order chi connectivity index (χ0) is 17.5. The van der Waals surface area contributed by atoms with Crippen LogP contribution in [0.3, 0.4) is 0 Å². The first-order valence-corrected chi connectivity index (χ1v) is 10.3. The number of thioether (sulfide) groups is 1. The molecule has 1 unspecified atom stereocenters. The van der Waals surface area contributed by atoms with Crippen LogP contribution in [0.5, 0.6) is 0 Å². The zero-order valence-electron chi connectivity index (χ0n) is 14.7. The molecule has 2 fully saturated rings. The van der Waals surface area contributed by atoms with Crippen molar-refractivity contribution in [1.82, 2.24) is 15.5 Å². The van der Waals surface area contributed by atoms with Crippen molar-refractivity contribution in [2.75, 3.05) is 25.1 Å². The van der Waals surface area contributed by atoms with Gasteiger partial charge in [0.2, 0.25) is 17.7 Å². The predicted molar refractivity (Wildman–Crippen MR) is 95.7 cm³/mol. The average molecular weight is 356 g/mol. The van der Waals surface area contributed by atoms with Crippen molar-refractivity contribution in [3.05, 3.63) is 0 Å². The van der Waals surface area contributed by atoms with Crippen LogP contribution < -0.4 is 10.6 Å². The Balaban J connectivity index is 1.81. The maximum Gasteiger partial charge on any atom is 0.245 e. The van der Waals surface area contributed by atoms with E-state index in [4.69, 9.17) is 0 Å². The molecule has 1 heterocycles. The number of carbonyl (C=O) groups is 3. The van der Waals surface area contributed by atoms with Crippen molar-refractivity contribution in [2.24, 2.45) is 5.92 Å². The Bertz CT molecular complexity index is 460. The van der Waals surface area contributed by atoms with Crippen LogP contribution in [-0.2, 0) is 14.4 Å². The Morgan fingerprint density at radius 1 is 1.17 bits per heavy atom. The number of rotatable bonds is 8. The number of likely N-dealkylation sites (tertiary alicyclic amines) is 1. The van der Waals surface area contributed by atoms with Gasteiger partial charge in [-0.25, -0.2) is 0 Å². The summed E-state index contributed by atoms with van der Waals surface area (Å²) in [6, 6.07) is -0.250. The van der Waals surface area contributed by atoms with Crippen molar-refractivity contribution >= 4 is 29.5 Å². The van der Waals surface area contributed by atoms with Crippen LogP contribution in [0.4, 0.5) is 0 Å². The van der Waals surface area contributed by atoms with Gasteiger partial charge in [-0.3, -0.25) is 14.4 Å². The largest absolute Gasteiger partial charge is 0.353 e. The topological polar surface area (TPSA) is 78.5 Å². The number of nitrogens with one attached hydrogen (secondary N) is 2. The SMILES string of the molecule is CCC(=O)NC(CCSC)C(=O)N1CCC(NC(=O)C2CC2)CC1. The van der Waals surface area contributed by atoms with E-state index < -0.39 is 6.04 Å². The molecule has 1 atom stereocenters. The fourth-order valence-electron chi connectivity index (χ4n) is 2.92. The molecule has 0 aromatic carbocycles. The van der Waals surface area contributed by atoms with Crippen LogP contribution in [0.15, 0.2) is 0 Å². The average Bonchev–Trinajstić information content (AvgIpc) is 3.43. The maximum atomic E-state index is 12.7. The lowest BCUT2D eigenvalue weighted by Crippen LogP contribution is -2.53. The predicted octanol–water partition coefficient (Wildman–Crippen LogP) is 1.15. The minimum Gasteiger partial charge on any atom is -0.353 e. The molecule has 2 rings (SSSR count). The van der Waals surface area contributed by atoms with Crippen molar-refractivity contribution in [1.29, 1.82) is 0 Å². The highest BCUT2D eigenvalue weighted by Gasteiger charge is 2.33. The summed E-state index contributed by atoms with van der Waals surface area (Å²) < 4.78 is 0. The molecule has 7 heteroatoms. The molecule has 1 aliphatic heterocycles. The van der Waals surface area contributed by atoms with Gasteiger partial charge >= 0.3 is 0 Å². The van der Waals surface area contributed by atoms with Crippen molar-refractivity contribution in [3.63, 3.8) is 0 Å². The normalized spacial score (nSPS) is 19.7. The molecule has 0 radical (unpaired) electrons. The third-order valence-corrected chi connectivity index (χ3v) is 5.31. The second-order valence-corrected chi connectivity index (χ2v) is 7.62. The Labute approximate surface area is 148 Å². The lowest BCUT2D eigenvalue weighted by Gasteiger charge is -2.34. The van der Waals surface area contributed by atoms with Gasteiger partial charge in [-0.15, -0.1) is 0 Å². The van der Waals surface area contributed by atoms with E-state index in [-0.39, 0.29) is 29.7 Å². The van der Waals surface area contributed by atoms with Crippen LogP contribution in [0.25, 0.3) is 0 Å². The molecule has 2 N–H and O–H groups in total. The summed E-state index contributed by atoms with van der Waals surface area (Å²) in [7, 11) is 0. The van der Waals surface area contributed by atoms with E-state index in [9.17, 15) is 14.4 Å². The quantitative estimate of drug-likeness (QED) is 0.685. The van der Waals surface area contributed by atoms with Gasteiger partial charge in [0.15, 0.2) is 0 Å². The van der Waals surface area contributed by atoms with Gasteiger partial charge in [0.25, 0.3) is 0 Å². The summed E-state index contributed by atoms with van der Waals surface area (Å²) in [6.45, 7) is 3.08. The Hall–Kier alpha value is -1.24. The minimum absolute atomic E-state index is 0.0119. The number of hydrogen-bond acceptors (Lipinski definition) is 4. The molecular weight excluding hydrogens is 326 g/mol. The molecule has 0 aromatic rings. The van der Waals surface area contributed by atoms with Gasteiger partial charge in [-0.2, -0.15) is 11.8 Å². The fraction of sp³-hybridized carbons (Fsp3) is 0.824. The van der Waals surface area contributed by atoms with E-state index in [1.165, 1.54) is 0 Å². The van der Waals surface area contributed by atoms with Gasteiger partial charge < -0.3 is 15.5 Å². The molecule has 1 saturated carbocycles. The van der Waals surface area contributed by atoms with Gasteiger partial charge in [0.1, 0.15) is 6.04 Å². The van der Waals surface area contributed by atoms with Gasteiger partial charge in [0, 0.05) is 31.5 Å². The van der Waals surface area contributed by atoms with Gasteiger partial charge in [-0.1, -0.05) is 6.92 Å². The molecule has 0 aromatic heterocycles. The lowest BCUT2D eigenvalue weighted by atomic mass is 10.0. The third kappa shape index (κ3) is 5.69. The molecule has 24 heavy (non-hydrogen) atoms. The molecule has 6 nitrogen and oxygen atoms in total. The number of amides is 3. The zero-order valence-corrected chi connectivity index (χ0v) is 15.5. The smallest absolute Gasteiger partial charge is 0.245 e. The molecule has 136 valence electrons. The highest BCUT2D eigenvalue weighted by Crippen LogP contribution is 2.29. The van der Waals surface area contributed by atoms with E-state index in [1.54, 1.807) is 18.7 Å². The fourth-order valence-corrected chi connectivity index (χ4v) is 3.39. The first kappa shape index (κ1) is 19.1. The number of piperidine rings is 1. The first-order valence-electron chi connectivity index (χ1n) is 8.92. The van der Waals surface area contributed by atoms with Crippen molar-refractivity contribution < 1.29 is 14.4 Å². The Morgan fingerprint density at radius 2 is 1.83 bits per heavy atom. The molecule has 2 aliphatic rings. The van der Waals surface area contributed by atoms with Gasteiger partial charge in [-0.05, 0) is 44.1 Å². The van der Waals surface area contributed by atoms with Crippen LogP contribution in [0.2, 0.25) is 0 Å². The summed E-state index contributed by atoms with van der Waals surface area (Å²) >= 11 is 1.67. The Morgan fingerprint density at radius 3 is 2.38 bits per heavy atom. The van der Waals surface area contributed by atoms with E-state index >= 15 is 0 Å². The minimum atomic E-state index is -0.428. The van der Waals surface area contributed by atoms with E-state index in [0.717, 1.165) is 31.4 Å². The second-order valence-electron chi connectivity index (χ2n) is 6.64. The standard InChI is InChI=1S/C17H29N3O3S/c1-3-15(21)19-14(8-11-24-2)17(23)20-9-6-13(7-10-20)18-16(22)12-4-5-12/h12-14H,3-11H2,1-2H3,(H,18,22)(H,19,21). The first-order chi connectivity index (χ1) is 11.5. The Kier molecular flexibility index (Phi) is 7.40. The number of nitrogens with zero attached hydrogens (tertiary/aromatic N) is 1. The summed E-state index contributed by atoms with van der Waals surface area (Å²) in [6.07, 6.45) is 6.65. The van der Waals surface area contributed by atoms with Gasteiger partial charge in [0.05, 0.1) is 0 Å². The van der Waals surface area contributed by atoms with E-state index in [1.807, 2.05) is 11.2 Å². The molecule has 1 saturated heterocycles. The highest BCUT2D eigenvalue weighted by molar-refractivity contribution is 7.98. The van der Waals surface area contributed by atoms with Crippen LogP contribution >= 0.6 is 11.8 Å². The van der Waals surface area contributed by atoms with Crippen molar-refractivity contribution in [2.45, 2.75) is 57.5 Å². The van der Waals surface area contributed by atoms with Crippen LogP contribution in [0, 0.1) is 5.92 Å². The maximum absolute atomic E-state index is 12.7. The number of carbonyl (C=O) groups excluding carboxylic acids is 3. The molecule has 0 spiro atoms. The monoisotopic (exact) mass is 355 g/mol. The summed E-state index contributed by atoms with van der Waals surface area (Å²) in [5.41, 5.74) is 0. The second kappa shape index (κ2) is 9.30. The van der Waals surface area contributed by atoms with E-state index in [0.29, 0.717) is 25.9 Å². The highest BCUT2D eigenvalue weighted by atomic mass is 32.2. The molecule has 1 aliphatic carbocycles. The van der Waals surface area contributed by atoms with Crippen LogP contribution in [0.1, 0.15) is 45.4 Å². The van der Waals surface area contributed by atoms with Crippen LogP contribution in [-0.4, -0.2) is 59.8 Å². The van der Waals surface area contributed by atoms with Crippen molar-refractivity contribution in [3.8, 4) is 0 Å². The summed E-state index contributed by atoms with van der Waals surface area (Å²) in [5, 5.41) is 5.95. The molecule has 3 amide bonds. The summed E-state index contributed by atoms with van der Waals surface area (Å²) in [4.78, 5) is 38.1. The molecular formula is C17H29N3O3S. The molecule has 0 bridgehead atoms. The summed E-state index contributed by atoms with van der Waals surface area (Å²) in [5.74, 6) is 1.17. The number of hydrogen-bond donors (Lipinski definition) is 2. The third-order valence-electron chi connectivity index (χ3n) is 4.67. The lowest BCUT2D eigenvalue weighted by molar-refractivity contribution is -0.137. The van der Waals surface area contributed by atoms with E-state index in [2.05, 4.69) is 10.6 Å².